The lowest BCUT2D eigenvalue weighted by atomic mass is 10.1. The summed E-state index contributed by atoms with van der Waals surface area (Å²) in [5.74, 6) is -0.223. The predicted molar refractivity (Wildman–Crippen MR) is 87.8 cm³/mol. The summed E-state index contributed by atoms with van der Waals surface area (Å²) in [6, 6.07) is 10.1. The minimum absolute atomic E-state index is 0.223. The summed E-state index contributed by atoms with van der Waals surface area (Å²) in [4.78, 5) is 12.0. The number of halogens is 2. The van der Waals surface area contributed by atoms with E-state index in [9.17, 15) is 4.79 Å². The maximum atomic E-state index is 12.0. The Morgan fingerprint density at radius 3 is 2.33 bits per heavy atom. The molecule has 0 saturated carbocycles. The molecule has 0 saturated heterocycles. The van der Waals surface area contributed by atoms with Crippen LogP contribution in [0, 0.1) is 0 Å². The third-order valence-electron chi connectivity index (χ3n) is 2.93. The summed E-state index contributed by atoms with van der Waals surface area (Å²) in [6.45, 7) is 0.453. The van der Waals surface area contributed by atoms with Crippen molar-refractivity contribution < 1.29 is 4.79 Å². The van der Waals surface area contributed by atoms with Gasteiger partial charge in [0.05, 0.1) is 0 Å². The highest BCUT2D eigenvalue weighted by Gasteiger charge is 2.07. The molecule has 2 aromatic carbocycles. The summed E-state index contributed by atoms with van der Waals surface area (Å²) in [7, 11) is 0. The van der Waals surface area contributed by atoms with Gasteiger partial charge < -0.3 is 16.8 Å². The summed E-state index contributed by atoms with van der Waals surface area (Å²) >= 11 is 11.9. The molecule has 0 radical (unpaired) electrons. The van der Waals surface area contributed by atoms with E-state index >= 15 is 0 Å². The lowest BCUT2D eigenvalue weighted by molar-refractivity contribution is 0.0954. The maximum absolute atomic E-state index is 12.0. The molecule has 4 nitrogen and oxygen atoms in total. The number of benzene rings is 2. The summed E-state index contributed by atoms with van der Waals surface area (Å²) in [5.41, 5.74) is 13.6. The second-order valence-corrected chi connectivity index (χ2v) is 5.47. The number of nitrogens with two attached hydrogens (primary N) is 2. The number of anilines is 2. The number of nitrogens with one attached hydrogen (secondary N) is 1. The van der Waals surface area contributed by atoms with E-state index in [1.54, 1.807) is 30.3 Å². The van der Waals surface area contributed by atoms with Gasteiger partial charge in [-0.2, -0.15) is 0 Å². The van der Waals surface area contributed by atoms with Gasteiger partial charge in [-0.1, -0.05) is 29.3 Å². The molecule has 0 fully saturated rings. The van der Waals surface area contributed by atoms with Crippen LogP contribution < -0.4 is 16.8 Å². The molecular formula is C15H15Cl2N3O. The summed E-state index contributed by atoms with van der Waals surface area (Å²) in [6.07, 6.45) is 0.611. The van der Waals surface area contributed by atoms with Gasteiger partial charge in [0.15, 0.2) is 0 Å². The van der Waals surface area contributed by atoms with E-state index in [0.29, 0.717) is 39.9 Å². The van der Waals surface area contributed by atoms with Gasteiger partial charge in [-0.3, -0.25) is 4.79 Å². The van der Waals surface area contributed by atoms with Crippen molar-refractivity contribution in [3.8, 4) is 0 Å². The van der Waals surface area contributed by atoms with Crippen molar-refractivity contribution in [2.24, 2.45) is 0 Å². The fourth-order valence-corrected chi connectivity index (χ4v) is 2.45. The average Bonchev–Trinajstić information content (AvgIpc) is 2.40. The second kappa shape index (κ2) is 6.70. The molecule has 1 amide bonds. The zero-order chi connectivity index (χ0) is 15.4. The first-order valence-electron chi connectivity index (χ1n) is 6.34. The zero-order valence-corrected chi connectivity index (χ0v) is 12.7. The normalized spacial score (nSPS) is 10.4. The molecule has 0 aliphatic heterocycles. The van der Waals surface area contributed by atoms with Crippen LogP contribution in [0.1, 0.15) is 15.9 Å². The van der Waals surface area contributed by atoms with Crippen LogP contribution in [-0.4, -0.2) is 12.5 Å². The van der Waals surface area contributed by atoms with E-state index in [1.807, 2.05) is 6.07 Å². The highest BCUT2D eigenvalue weighted by Crippen LogP contribution is 2.21. The number of hydrogen-bond donors (Lipinski definition) is 3. The molecular weight excluding hydrogens is 309 g/mol. The lowest BCUT2D eigenvalue weighted by Gasteiger charge is -2.08. The molecule has 0 heterocycles. The molecule has 2 aromatic rings. The largest absolute Gasteiger partial charge is 0.399 e. The van der Waals surface area contributed by atoms with Crippen LogP contribution in [0.3, 0.4) is 0 Å². The molecule has 0 spiro atoms. The minimum atomic E-state index is -0.223. The van der Waals surface area contributed by atoms with Crippen LogP contribution in [0.2, 0.25) is 10.0 Å². The number of nitrogen functional groups attached to an aromatic ring is 2. The highest BCUT2D eigenvalue weighted by molar-refractivity contribution is 6.35. The van der Waals surface area contributed by atoms with E-state index < -0.39 is 0 Å². The number of carbonyl (C=O) groups is 1. The Hall–Kier alpha value is -1.91. The van der Waals surface area contributed by atoms with Crippen molar-refractivity contribution in [1.82, 2.24) is 5.32 Å². The van der Waals surface area contributed by atoms with Crippen LogP contribution in [0.5, 0.6) is 0 Å². The molecule has 0 aliphatic carbocycles. The van der Waals surface area contributed by atoms with Crippen LogP contribution in [-0.2, 0) is 6.42 Å². The van der Waals surface area contributed by atoms with Crippen LogP contribution >= 0.6 is 23.2 Å². The molecule has 0 aromatic heterocycles. The van der Waals surface area contributed by atoms with E-state index in [2.05, 4.69) is 5.32 Å². The average molecular weight is 324 g/mol. The SMILES string of the molecule is Nc1cc(N)cc(C(=O)NCCc2ccc(Cl)cc2Cl)c1. The van der Waals surface area contributed by atoms with Crippen molar-refractivity contribution in [2.45, 2.75) is 6.42 Å². The topological polar surface area (TPSA) is 81.1 Å². The molecule has 0 unspecified atom stereocenters. The van der Waals surface area contributed by atoms with Gasteiger partial charge in [-0.25, -0.2) is 0 Å². The number of hydrogen-bond acceptors (Lipinski definition) is 3. The molecule has 21 heavy (non-hydrogen) atoms. The minimum Gasteiger partial charge on any atom is -0.399 e. The molecule has 0 aliphatic rings. The van der Waals surface area contributed by atoms with Crippen molar-refractivity contribution in [2.75, 3.05) is 18.0 Å². The van der Waals surface area contributed by atoms with E-state index in [-0.39, 0.29) is 5.91 Å². The van der Waals surface area contributed by atoms with Crippen molar-refractivity contribution in [1.29, 1.82) is 0 Å². The van der Waals surface area contributed by atoms with Crippen LogP contribution in [0.4, 0.5) is 11.4 Å². The Morgan fingerprint density at radius 2 is 1.71 bits per heavy atom. The number of carbonyl (C=O) groups excluding carboxylic acids is 1. The van der Waals surface area contributed by atoms with Gasteiger partial charge in [-0.15, -0.1) is 0 Å². The van der Waals surface area contributed by atoms with Gasteiger partial charge in [0.25, 0.3) is 5.91 Å². The number of rotatable bonds is 4. The van der Waals surface area contributed by atoms with E-state index in [1.165, 1.54) is 0 Å². The van der Waals surface area contributed by atoms with Gasteiger partial charge in [-0.05, 0) is 42.3 Å². The molecule has 0 bridgehead atoms. The molecule has 110 valence electrons. The Labute approximate surface area is 133 Å². The first-order valence-corrected chi connectivity index (χ1v) is 7.09. The van der Waals surface area contributed by atoms with Crippen LogP contribution in [0.25, 0.3) is 0 Å². The number of amides is 1. The monoisotopic (exact) mass is 323 g/mol. The summed E-state index contributed by atoms with van der Waals surface area (Å²) < 4.78 is 0. The van der Waals surface area contributed by atoms with Crippen molar-refractivity contribution in [3.63, 3.8) is 0 Å². The smallest absolute Gasteiger partial charge is 0.251 e. The predicted octanol–water partition coefficient (Wildman–Crippen LogP) is 3.13. The quantitative estimate of drug-likeness (QED) is 0.756. The molecule has 0 atom stereocenters. The fraction of sp³-hybridized carbons (Fsp3) is 0.133. The maximum Gasteiger partial charge on any atom is 0.251 e. The molecule has 5 N–H and O–H groups in total. The van der Waals surface area contributed by atoms with Gasteiger partial charge in [0.2, 0.25) is 0 Å². The summed E-state index contributed by atoms with van der Waals surface area (Å²) in [5, 5.41) is 3.98. The van der Waals surface area contributed by atoms with Crippen molar-refractivity contribution >= 4 is 40.5 Å². The third kappa shape index (κ3) is 4.28. The van der Waals surface area contributed by atoms with E-state index in [0.717, 1.165) is 5.56 Å². The van der Waals surface area contributed by atoms with Crippen molar-refractivity contribution in [3.05, 3.63) is 57.6 Å². The van der Waals surface area contributed by atoms with Gasteiger partial charge in [0, 0.05) is 33.5 Å². The Kier molecular flexibility index (Phi) is 4.94. The standard InChI is InChI=1S/C15H15Cl2N3O/c16-11-2-1-9(14(17)7-11)3-4-20-15(21)10-5-12(18)8-13(19)6-10/h1-2,5-8H,3-4,18-19H2,(H,20,21). The van der Waals surface area contributed by atoms with Gasteiger partial charge >= 0.3 is 0 Å². The van der Waals surface area contributed by atoms with Crippen LogP contribution in [0.15, 0.2) is 36.4 Å². The first-order chi connectivity index (χ1) is 9.95. The first kappa shape index (κ1) is 15.5. The van der Waals surface area contributed by atoms with Gasteiger partial charge in [0.1, 0.15) is 0 Å². The lowest BCUT2D eigenvalue weighted by Crippen LogP contribution is -2.26. The molecule has 6 heteroatoms. The fourth-order valence-electron chi connectivity index (χ4n) is 1.94. The second-order valence-electron chi connectivity index (χ2n) is 4.63. The zero-order valence-electron chi connectivity index (χ0n) is 11.2. The van der Waals surface area contributed by atoms with E-state index in [4.69, 9.17) is 34.7 Å². The molecule has 2 rings (SSSR count). The Bertz CT molecular complexity index is 654. The highest BCUT2D eigenvalue weighted by atomic mass is 35.5. The third-order valence-corrected chi connectivity index (χ3v) is 3.52. The Morgan fingerprint density at radius 1 is 1.05 bits per heavy atom. The Balaban J connectivity index is 1.95.